The standard InChI is InChI=1S/C9H11N3O3/c1-9(3-4-10-15-9)6-12-5-2-7(13)11-8(12)14/h2,4-5H,3,6H2,1H3,(H,11,13,14). The second-order valence-electron chi connectivity index (χ2n) is 3.77. The SMILES string of the molecule is CC1(Cn2ccc(=O)[nH]c2=O)CC=NO1. The third kappa shape index (κ3) is 1.98. The predicted molar refractivity (Wildman–Crippen MR) is 53.9 cm³/mol. The van der Waals surface area contributed by atoms with Crippen LogP contribution >= 0.6 is 0 Å². The highest BCUT2D eigenvalue weighted by Crippen LogP contribution is 2.20. The molecule has 1 N–H and O–H groups in total. The van der Waals surface area contributed by atoms with E-state index in [1.54, 1.807) is 6.21 Å². The third-order valence-electron chi connectivity index (χ3n) is 2.27. The summed E-state index contributed by atoms with van der Waals surface area (Å²) in [5.74, 6) is 0. The first-order chi connectivity index (χ1) is 7.09. The van der Waals surface area contributed by atoms with Crippen LogP contribution in [0.3, 0.4) is 0 Å². The van der Waals surface area contributed by atoms with Gasteiger partial charge in [0.05, 0.1) is 6.54 Å². The van der Waals surface area contributed by atoms with Gasteiger partial charge in [0.25, 0.3) is 5.56 Å². The van der Waals surface area contributed by atoms with Gasteiger partial charge in [0, 0.05) is 24.9 Å². The first-order valence-electron chi connectivity index (χ1n) is 4.59. The molecule has 6 heteroatoms. The molecule has 6 nitrogen and oxygen atoms in total. The topological polar surface area (TPSA) is 76.5 Å². The molecule has 0 spiro atoms. The number of aromatic nitrogens is 2. The molecule has 0 bridgehead atoms. The van der Waals surface area contributed by atoms with Crippen LogP contribution in [0.1, 0.15) is 13.3 Å². The van der Waals surface area contributed by atoms with Crippen molar-refractivity contribution in [2.45, 2.75) is 25.5 Å². The minimum absolute atomic E-state index is 0.364. The lowest BCUT2D eigenvalue weighted by Gasteiger charge is -2.21. The highest BCUT2D eigenvalue weighted by molar-refractivity contribution is 5.59. The molecule has 0 radical (unpaired) electrons. The van der Waals surface area contributed by atoms with Crippen LogP contribution in [0.2, 0.25) is 0 Å². The van der Waals surface area contributed by atoms with E-state index in [9.17, 15) is 9.59 Å². The first kappa shape index (κ1) is 9.70. The number of nitrogens with zero attached hydrogens (tertiary/aromatic N) is 2. The Hall–Kier alpha value is -1.85. The molecule has 1 unspecified atom stereocenters. The van der Waals surface area contributed by atoms with Crippen LogP contribution in [-0.2, 0) is 11.4 Å². The Kier molecular flexibility index (Phi) is 2.18. The van der Waals surface area contributed by atoms with Gasteiger partial charge in [-0.15, -0.1) is 0 Å². The van der Waals surface area contributed by atoms with Crippen LogP contribution in [0, 0.1) is 0 Å². The van der Waals surface area contributed by atoms with Gasteiger partial charge in [-0.25, -0.2) is 4.79 Å². The maximum absolute atomic E-state index is 11.4. The zero-order chi connectivity index (χ0) is 10.9. The van der Waals surface area contributed by atoms with Crippen molar-refractivity contribution in [1.82, 2.24) is 9.55 Å². The van der Waals surface area contributed by atoms with Crippen molar-refractivity contribution in [2.75, 3.05) is 0 Å². The number of H-pyrrole nitrogens is 1. The largest absolute Gasteiger partial charge is 0.388 e. The van der Waals surface area contributed by atoms with Gasteiger partial charge in [0.1, 0.15) is 0 Å². The minimum Gasteiger partial charge on any atom is -0.388 e. The number of hydrogen-bond donors (Lipinski definition) is 1. The lowest BCUT2D eigenvalue weighted by atomic mass is 10.0. The number of nitrogens with one attached hydrogen (secondary N) is 1. The van der Waals surface area contributed by atoms with Crippen LogP contribution in [-0.4, -0.2) is 21.4 Å². The van der Waals surface area contributed by atoms with Gasteiger partial charge < -0.3 is 4.84 Å². The molecule has 1 aliphatic heterocycles. The van der Waals surface area contributed by atoms with Gasteiger partial charge in [-0.05, 0) is 6.92 Å². The number of oxime groups is 1. The van der Waals surface area contributed by atoms with Crippen LogP contribution in [0.5, 0.6) is 0 Å². The van der Waals surface area contributed by atoms with Gasteiger partial charge in [-0.3, -0.25) is 14.3 Å². The molecular weight excluding hydrogens is 198 g/mol. The van der Waals surface area contributed by atoms with Crippen LogP contribution in [0.15, 0.2) is 27.0 Å². The van der Waals surface area contributed by atoms with E-state index in [1.165, 1.54) is 16.8 Å². The van der Waals surface area contributed by atoms with E-state index >= 15 is 0 Å². The number of rotatable bonds is 2. The summed E-state index contributed by atoms with van der Waals surface area (Å²) in [4.78, 5) is 29.5. The summed E-state index contributed by atoms with van der Waals surface area (Å²) in [6.45, 7) is 2.22. The third-order valence-corrected chi connectivity index (χ3v) is 2.27. The summed E-state index contributed by atoms with van der Waals surface area (Å²) in [5.41, 5.74) is -1.33. The van der Waals surface area contributed by atoms with Gasteiger partial charge >= 0.3 is 5.69 Å². The van der Waals surface area contributed by atoms with E-state index in [2.05, 4.69) is 10.1 Å². The van der Waals surface area contributed by atoms with Crippen molar-refractivity contribution in [1.29, 1.82) is 0 Å². The Morgan fingerprint density at radius 3 is 3.07 bits per heavy atom. The molecule has 1 atom stereocenters. The summed E-state index contributed by atoms with van der Waals surface area (Å²) < 4.78 is 1.40. The summed E-state index contributed by atoms with van der Waals surface area (Å²) in [6, 6.07) is 1.31. The first-order valence-corrected chi connectivity index (χ1v) is 4.59. The van der Waals surface area contributed by atoms with Crippen LogP contribution < -0.4 is 11.2 Å². The Morgan fingerprint density at radius 2 is 2.47 bits per heavy atom. The summed E-state index contributed by atoms with van der Waals surface area (Å²) in [5, 5.41) is 3.67. The number of aromatic amines is 1. The quantitative estimate of drug-likeness (QED) is 0.726. The molecule has 0 aliphatic carbocycles. The van der Waals surface area contributed by atoms with E-state index in [1.807, 2.05) is 6.92 Å². The summed E-state index contributed by atoms with van der Waals surface area (Å²) in [7, 11) is 0. The molecular formula is C9H11N3O3. The van der Waals surface area contributed by atoms with Crippen molar-refractivity contribution < 1.29 is 4.84 Å². The molecule has 1 aromatic rings. The molecule has 0 saturated heterocycles. The summed E-state index contributed by atoms with van der Waals surface area (Å²) >= 11 is 0. The van der Waals surface area contributed by atoms with E-state index in [0.29, 0.717) is 13.0 Å². The second kappa shape index (κ2) is 3.38. The van der Waals surface area contributed by atoms with Crippen molar-refractivity contribution in [3.8, 4) is 0 Å². The number of hydrogen-bond acceptors (Lipinski definition) is 4. The van der Waals surface area contributed by atoms with E-state index in [-0.39, 0.29) is 0 Å². The molecule has 2 rings (SSSR count). The van der Waals surface area contributed by atoms with Crippen molar-refractivity contribution in [2.24, 2.45) is 5.16 Å². The van der Waals surface area contributed by atoms with Gasteiger partial charge in [0.15, 0.2) is 5.60 Å². The Bertz CT molecular complexity index is 492. The van der Waals surface area contributed by atoms with Crippen molar-refractivity contribution in [3.05, 3.63) is 33.1 Å². The fourth-order valence-electron chi connectivity index (χ4n) is 1.45. The summed E-state index contributed by atoms with van der Waals surface area (Å²) in [6.07, 6.45) is 3.77. The Labute approximate surface area is 85.2 Å². The maximum atomic E-state index is 11.4. The molecule has 15 heavy (non-hydrogen) atoms. The highest BCUT2D eigenvalue weighted by atomic mass is 16.7. The maximum Gasteiger partial charge on any atom is 0.328 e. The molecule has 0 aromatic carbocycles. The van der Waals surface area contributed by atoms with E-state index in [0.717, 1.165) is 0 Å². The molecule has 80 valence electrons. The smallest absolute Gasteiger partial charge is 0.328 e. The second-order valence-corrected chi connectivity index (χ2v) is 3.77. The van der Waals surface area contributed by atoms with Crippen molar-refractivity contribution in [3.63, 3.8) is 0 Å². The highest BCUT2D eigenvalue weighted by Gasteiger charge is 2.30. The predicted octanol–water partition coefficient (Wildman–Crippen LogP) is -0.299. The van der Waals surface area contributed by atoms with E-state index < -0.39 is 16.9 Å². The molecule has 0 fully saturated rings. The zero-order valence-electron chi connectivity index (χ0n) is 8.27. The molecule has 0 amide bonds. The Morgan fingerprint density at radius 1 is 1.67 bits per heavy atom. The lowest BCUT2D eigenvalue weighted by Crippen LogP contribution is -2.37. The van der Waals surface area contributed by atoms with Crippen LogP contribution in [0.25, 0.3) is 0 Å². The van der Waals surface area contributed by atoms with Crippen molar-refractivity contribution >= 4 is 6.21 Å². The normalized spacial score (nSPS) is 24.1. The van der Waals surface area contributed by atoms with Gasteiger partial charge in [-0.2, -0.15) is 0 Å². The fourth-order valence-corrected chi connectivity index (χ4v) is 1.45. The average molecular weight is 209 g/mol. The van der Waals surface area contributed by atoms with Crippen LogP contribution in [0.4, 0.5) is 0 Å². The van der Waals surface area contributed by atoms with Gasteiger partial charge in [0.2, 0.25) is 0 Å². The minimum atomic E-state index is -0.498. The zero-order valence-corrected chi connectivity index (χ0v) is 8.27. The lowest BCUT2D eigenvalue weighted by molar-refractivity contribution is -0.0173. The van der Waals surface area contributed by atoms with Gasteiger partial charge in [-0.1, -0.05) is 5.16 Å². The molecule has 1 aliphatic rings. The Balaban J connectivity index is 2.25. The molecule has 1 aromatic heterocycles. The fraction of sp³-hybridized carbons (Fsp3) is 0.444. The average Bonchev–Trinajstić information content (AvgIpc) is 2.58. The molecule has 0 saturated carbocycles. The molecule has 2 heterocycles. The monoisotopic (exact) mass is 209 g/mol. The van der Waals surface area contributed by atoms with E-state index in [4.69, 9.17) is 4.84 Å².